The van der Waals surface area contributed by atoms with Gasteiger partial charge >= 0.3 is 6.09 Å². The van der Waals surface area contributed by atoms with E-state index in [4.69, 9.17) is 4.74 Å². The third-order valence-electron chi connectivity index (χ3n) is 5.38. The summed E-state index contributed by atoms with van der Waals surface area (Å²) in [6, 6.07) is 0.828. The van der Waals surface area contributed by atoms with Gasteiger partial charge < -0.3 is 15.0 Å². The molecule has 0 aliphatic heterocycles. The first-order chi connectivity index (χ1) is 12.1. The molecule has 2 aliphatic rings. The van der Waals surface area contributed by atoms with E-state index < -0.39 is 6.09 Å². The topological polar surface area (TPSA) is 58.6 Å². The zero-order chi connectivity index (χ0) is 18.1. The zero-order valence-electron chi connectivity index (χ0n) is 16.1. The van der Waals surface area contributed by atoms with Gasteiger partial charge in [-0.15, -0.1) is 0 Å². The van der Waals surface area contributed by atoms with Crippen molar-refractivity contribution >= 4 is 12.0 Å². The van der Waals surface area contributed by atoms with E-state index in [-0.39, 0.29) is 5.91 Å². The highest BCUT2D eigenvalue weighted by atomic mass is 16.5. The first-order valence-corrected chi connectivity index (χ1v) is 10.3. The fourth-order valence-electron chi connectivity index (χ4n) is 4.12. The van der Waals surface area contributed by atoms with Gasteiger partial charge in [0.25, 0.3) is 0 Å². The SMILES string of the molecule is CC(C)COC(=O)NCCC(=O)N(C1CCCCC1)C1CCCCC1. The van der Waals surface area contributed by atoms with Crippen LogP contribution in [0, 0.1) is 5.92 Å². The lowest BCUT2D eigenvalue weighted by Gasteiger charge is -2.42. The normalized spacial score (nSPS) is 19.6. The average molecular weight is 353 g/mol. The molecule has 0 aromatic heterocycles. The molecule has 2 rings (SSSR count). The fourth-order valence-corrected chi connectivity index (χ4v) is 4.12. The lowest BCUT2D eigenvalue weighted by atomic mass is 9.88. The number of alkyl carbamates (subject to hydrolysis) is 1. The van der Waals surface area contributed by atoms with Crippen LogP contribution < -0.4 is 5.32 Å². The molecule has 0 spiro atoms. The molecule has 2 aliphatic carbocycles. The van der Waals surface area contributed by atoms with E-state index in [2.05, 4.69) is 10.2 Å². The van der Waals surface area contributed by atoms with Crippen molar-refractivity contribution in [1.29, 1.82) is 0 Å². The molecule has 1 N–H and O–H groups in total. The van der Waals surface area contributed by atoms with Crippen LogP contribution in [0.1, 0.15) is 84.5 Å². The number of carbonyl (C=O) groups excluding carboxylic acids is 2. The van der Waals surface area contributed by atoms with Gasteiger partial charge in [-0.2, -0.15) is 0 Å². The summed E-state index contributed by atoms with van der Waals surface area (Å²) in [7, 11) is 0. The lowest BCUT2D eigenvalue weighted by Crippen LogP contribution is -2.49. The van der Waals surface area contributed by atoms with Crippen molar-refractivity contribution in [2.24, 2.45) is 5.92 Å². The number of amides is 2. The minimum Gasteiger partial charge on any atom is -0.449 e. The van der Waals surface area contributed by atoms with Crippen LogP contribution in [0.5, 0.6) is 0 Å². The number of ether oxygens (including phenoxy) is 1. The predicted molar refractivity (Wildman–Crippen MR) is 99.4 cm³/mol. The van der Waals surface area contributed by atoms with Crippen LogP contribution in [-0.4, -0.2) is 42.1 Å². The fraction of sp³-hybridized carbons (Fsp3) is 0.900. The van der Waals surface area contributed by atoms with Crippen LogP contribution in [-0.2, 0) is 9.53 Å². The molecule has 0 aromatic carbocycles. The molecule has 5 heteroatoms. The maximum Gasteiger partial charge on any atom is 0.407 e. The highest BCUT2D eigenvalue weighted by molar-refractivity contribution is 5.78. The molecule has 0 saturated heterocycles. The Labute approximate surface area is 152 Å². The second-order valence-corrected chi connectivity index (χ2v) is 8.05. The van der Waals surface area contributed by atoms with Crippen molar-refractivity contribution in [3.8, 4) is 0 Å². The quantitative estimate of drug-likeness (QED) is 0.745. The summed E-state index contributed by atoms with van der Waals surface area (Å²) < 4.78 is 5.10. The molecule has 144 valence electrons. The highest BCUT2D eigenvalue weighted by Gasteiger charge is 2.32. The summed E-state index contributed by atoms with van der Waals surface area (Å²) in [5.41, 5.74) is 0. The van der Waals surface area contributed by atoms with E-state index >= 15 is 0 Å². The van der Waals surface area contributed by atoms with Gasteiger partial charge in [0, 0.05) is 25.0 Å². The standard InChI is InChI=1S/C20H36N2O3/c1-16(2)15-25-20(24)21-14-13-19(23)22(17-9-5-3-6-10-17)18-11-7-4-8-12-18/h16-18H,3-15H2,1-2H3,(H,21,24). The molecule has 0 radical (unpaired) electrons. The minimum absolute atomic E-state index is 0.211. The van der Waals surface area contributed by atoms with Crippen molar-refractivity contribution < 1.29 is 14.3 Å². The second kappa shape index (κ2) is 10.7. The maximum absolute atomic E-state index is 12.9. The summed E-state index contributed by atoms with van der Waals surface area (Å²) in [5.74, 6) is 0.531. The number of rotatable bonds is 7. The van der Waals surface area contributed by atoms with E-state index in [0.717, 1.165) is 25.7 Å². The zero-order valence-corrected chi connectivity index (χ0v) is 16.1. The molecule has 5 nitrogen and oxygen atoms in total. The Hall–Kier alpha value is -1.26. The van der Waals surface area contributed by atoms with Crippen LogP contribution in [0.3, 0.4) is 0 Å². The van der Waals surface area contributed by atoms with E-state index in [9.17, 15) is 9.59 Å². The summed E-state index contributed by atoms with van der Waals surface area (Å²) >= 11 is 0. The monoisotopic (exact) mass is 352 g/mol. The molecule has 2 saturated carbocycles. The van der Waals surface area contributed by atoms with Gasteiger partial charge in [0.15, 0.2) is 0 Å². The summed E-state index contributed by atoms with van der Waals surface area (Å²) in [5, 5.41) is 2.72. The first-order valence-electron chi connectivity index (χ1n) is 10.3. The smallest absolute Gasteiger partial charge is 0.407 e. The molecular formula is C20H36N2O3. The molecule has 0 atom stereocenters. The van der Waals surface area contributed by atoms with Gasteiger partial charge in [-0.25, -0.2) is 4.79 Å². The van der Waals surface area contributed by atoms with Gasteiger partial charge in [-0.1, -0.05) is 52.4 Å². The number of carbonyl (C=O) groups is 2. The highest BCUT2D eigenvalue weighted by Crippen LogP contribution is 2.30. The Balaban J connectivity index is 1.83. The Morgan fingerprint density at radius 1 is 0.960 bits per heavy atom. The number of hydrogen-bond donors (Lipinski definition) is 1. The van der Waals surface area contributed by atoms with Gasteiger partial charge in [0.05, 0.1) is 6.61 Å². The van der Waals surface area contributed by atoms with Crippen LogP contribution in [0.25, 0.3) is 0 Å². The van der Waals surface area contributed by atoms with Crippen molar-refractivity contribution in [2.75, 3.05) is 13.2 Å². The van der Waals surface area contributed by atoms with Crippen LogP contribution >= 0.6 is 0 Å². The third-order valence-corrected chi connectivity index (χ3v) is 5.38. The number of nitrogens with one attached hydrogen (secondary N) is 1. The third kappa shape index (κ3) is 6.87. The predicted octanol–water partition coefficient (Wildman–Crippen LogP) is 4.25. The summed E-state index contributed by atoms with van der Waals surface area (Å²) in [6.07, 6.45) is 12.1. The van der Waals surface area contributed by atoms with Crippen molar-refractivity contribution in [2.45, 2.75) is 96.6 Å². The molecule has 0 aromatic rings. The van der Waals surface area contributed by atoms with Gasteiger partial charge in [-0.05, 0) is 31.6 Å². The molecule has 25 heavy (non-hydrogen) atoms. The lowest BCUT2D eigenvalue weighted by molar-refractivity contribution is -0.137. The van der Waals surface area contributed by atoms with Crippen molar-refractivity contribution in [1.82, 2.24) is 10.2 Å². The summed E-state index contributed by atoms with van der Waals surface area (Å²) in [4.78, 5) is 26.8. The largest absolute Gasteiger partial charge is 0.449 e. The van der Waals surface area contributed by atoms with E-state index in [1.807, 2.05) is 13.8 Å². The van der Waals surface area contributed by atoms with Crippen LogP contribution in [0.4, 0.5) is 4.79 Å². The maximum atomic E-state index is 12.9. The molecule has 0 heterocycles. The Bertz CT molecular complexity index is 395. The van der Waals surface area contributed by atoms with Crippen LogP contribution in [0.2, 0.25) is 0 Å². The minimum atomic E-state index is -0.414. The van der Waals surface area contributed by atoms with Crippen LogP contribution in [0.15, 0.2) is 0 Å². The van der Waals surface area contributed by atoms with E-state index in [1.54, 1.807) is 0 Å². The Morgan fingerprint density at radius 2 is 1.48 bits per heavy atom. The molecule has 0 bridgehead atoms. The van der Waals surface area contributed by atoms with Gasteiger partial charge in [-0.3, -0.25) is 4.79 Å². The summed E-state index contributed by atoms with van der Waals surface area (Å²) in [6.45, 7) is 4.79. The molecule has 2 amide bonds. The second-order valence-electron chi connectivity index (χ2n) is 8.05. The van der Waals surface area contributed by atoms with Gasteiger partial charge in [0.1, 0.15) is 0 Å². The molecule has 2 fully saturated rings. The van der Waals surface area contributed by atoms with Gasteiger partial charge in [0.2, 0.25) is 5.91 Å². The number of nitrogens with zero attached hydrogens (tertiary/aromatic N) is 1. The first kappa shape index (κ1) is 20.1. The number of hydrogen-bond acceptors (Lipinski definition) is 3. The molecule has 0 unspecified atom stereocenters. The average Bonchev–Trinajstić information content (AvgIpc) is 2.62. The van der Waals surface area contributed by atoms with E-state index in [0.29, 0.717) is 37.6 Å². The van der Waals surface area contributed by atoms with E-state index in [1.165, 1.54) is 38.5 Å². The van der Waals surface area contributed by atoms with Crippen molar-refractivity contribution in [3.63, 3.8) is 0 Å². The Morgan fingerprint density at radius 3 is 1.96 bits per heavy atom. The molecular weight excluding hydrogens is 316 g/mol. The Kier molecular flexibility index (Phi) is 8.56. The van der Waals surface area contributed by atoms with Crippen molar-refractivity contribution in [3.05, 3.63) is 0 Å².